The lowest BCUT2D eigenvalue weighted by atomic mass is 9.95. The first-order valence-electron chi connectivity index (χ1n) is 7.68. The van der Waals surface area contributed by atoms with Crippen LogP contribution in [0.25, 0.3) is 0 Å². The van der Waals surface area contributed by atoms with Gasteiger partial charge in [0.25, 0.3) is 5.91 Å². The highest BCUT2D eigenvalue weighted by molar-refractivity contribution is 8.00. The average Bonchev–Trinajstić information content (AvgIpc) is 2.59. The van der Waals surface area contributed by atoms with Crippen LogP contribution in [0.3, 0.4) is 0 Å². The molecule has 6 nitrogen and oxygen atoms in total. The van der Waals surface area contributed by atoms with Crippen LogP contribution in [0.5, 0.6) is 0 Å². The molecule has 0 aromatic heterocycles. The van der Waals surface area contributed by atoms with E-state index in [2.05, 4.69) is 5.32 Å². The van der Waals surface area contributed by atoms with Gasteiger partial charge in [-0.3, -0.25) is 14.4 Å². The number of benzene rings is 1. The molecule has 0 saturated heterocycles. The fraction of sp³-hybridized carbons (Fsp3) is 0.353. The number of allylic oxidation sites excluding steroid dienone is 2. The Morgan fingerprint density at radius 3 is 2.75 bits per heavy atom. The van der Waals surface area contributed by atoms with Crippen LogP contribution >= 0.6 is 11.8 Å². The number of hydrogen-bond acceptors (Lipinski definition) is 5. The van der Waals surface area contributed by atoms with Gasteiger partial charge in [0.05, 0.1) is 17.4 Å². The van der Waals surface area contributed by atoms with Gasteiger partial charge in [-0.2, -0.15) is 0 Å². The van der Waals surface area contributed by atoms with Crippen LogP contribution in [0.4, 0.5) is 5.69 Å². The molecule has 0 saturated carbocycles. The minimum atomic E-state index is -0.434. The van der Waals surface area contributed by atoms with Crippen LogP contribution < -0.4 is 11.1 Å². The molecule has 0 fully saturated rings. The number of hydrogen-bond donors (Lipinski definition) is 2. The third-order valence-electron chi connectivity index (χ3n) is 3.48. The number of carbonyl (C=O) groups is 3. The number of ether oxygens (including phenoxy) is 1. The number of carbonyl (C=O) groups excluding carboxylic acids is 3. The predicted molar refractivity (Wildman–Crippen MR) is 92.4 cm³/mol. The molecule has 3 N–H and O–H groups in total. The average molecular weight is 348 g/mol. The van der Waals surface area contributed by atoms with Crippen molar-refractivity contribution in [2.45, 2.75) is 24.2 Å². The molecule has 0 bridgehead atoms. The van der Waals surface area contributed by atoms with Gasteiger partial charge in [0.2, 0.25) is 5.91 Å². The Kier molecular flexibility index (Phi) is 6.87. The van der Waals surface area contributed by atoms with Crippen molar-refractivity contribution in [3.63, 3.8) is 0 Å². The van der Waals surface area contributed by atoms with Crippen molar-refractivity contribution in [1.29, 1.82) is 0 Å². The summed E-state index contributed by atoms with van der Waals surface area (Å²) in [5, 5.41) is 2.69. The summed E-state index contributed by atoms with van der Waals surface area (Å²) in [6, 6.07) is 7.07. The molecular formula is C17H20N2O4S. The van der Waals surface area contributed by atoms with Crippen molar-refractivity contribution >= 4 is 35.2 Å². The van der Waals surface area contributed by atoms with Gasteiger partial charge in [0.1, 0.15) is 0 Å². The number of nitrogens with two attached hydrogens (primary N) is 1. The van der Waals surface area contributed by atoms with Crippen LogP contribution in [0.15, 0.2) is 41.3 Å². The molecule has 1 aromatic carbocycles. The standard InChI is InChI=1S/C17H20N2O4S/c18-15(20)11-24-14-9-5-4-8-13(14)19-16(21)10-23-17(22)12-6-2-1-3-7-12/h1-2,4-5,8-9,12H,3,6-7,10-11H2,(H2,18,20)(H,19,21)/t12-/m1/s1. The van der Waals surface area contributed by atoms with E-state index in [0.29, 0.717) is 12.1 Å². The first kappa shape index (κ1) is 18.1. The number of thioether (sulfide) groups is 1. The topological polar surface area (TPSA) is 98.5 Å². The van der Waals surface area contributed by atoms with Gasteiger partial charge in [-0.1, -0.05) is 24.3 Å². The van der Waals surface area contributed by atoms with Crippen molar-refractivity contribution < 1.29 is 19.1 Å². The third-order valence-corrected chi connectivity index (χ3v) is 4.57. The van der Waals surface area contributed by atoms with E-state index in [0.717, 1.165) is 17.7 Å². The van der Waals surface area contributed by atoms with Crippen LogP contribution in [0.2, 0.25) is 0 Å². The molecule has 128 valence electrons. The van der Waals surface area contributed by atoms with Crippen molar-refractivity contribution in [3.8, 4) is 0 Å². The van der Waals surface area contributed by atoms with Crippen LogP contribution in [-0.4, -0.2) is 30.1 Å². The molecule has 1 aliphatic carbocycles. The summed E-state index contributed by atoms with van der Waals surface area (Å²) in [5.74, 6) is -1.23. The Hall–Kier alpha value is -2.28. The lowest BCUT2D eigenvalue weighted by Crippen LogP contribution is -2.25. The highest BCUT2D eigenvalue weighted by Gasteiger charge is 2.21. The van der Waals surface area contributed by atoms with Crippen molar-refractivity contribution in [2.75, 3.05) is 17.7 Å². The molecule has 0 spiro atoms. The smallest absolute Gasteiger partial charge is 0.309 e. The monoisotopic (exact) mass is 348 g/mol. The van der Waals surface area contributed by atoms with Crippen molar-refractivity contribution in [3.05, 3.63) is 36.4 Å². The number of rotatable bonds is 7. The number of esters is 1. The molecule has 2 amide bonds. The molecule has 1 aliphatic rings. The SMILES string of the molecule is NC(=O)CSc1ccccc1NC(=O)COC(=O)[C@@H]1CC=CCC1. The highest BCUT2D eigenvalue weighted by Crippen LogP contribution is 2.26. The maximum absolute atomic E-state index is 12.0. The van der Waals surface area contributed by atoms with Gasteiger partial charge in [0.15, 0.2) is 6.61 Å². The van der Waals surface area contributed by atoms with Gasteiger partial charge in [-0.05, 0) is 31.4 Å². The molecule has 0 heterocycles. The molecule has 2 rings (SSSR count). The van der Waals surface area contributed by atoms with E-state index in [1.807, 2.05) is 12.2 Å². The number of para-hydroxylation sites is 1. The second-order valence-corrected chi connectivity index (χ2v) is 6.41. The lowest BCUT2D eigenvalue weighted by molar-refractivity contribution is -0.151. The van der Waals surface area contributed by atoms with Crippen molar-refractivity contribution in [2.24, 2.45) is 11.7 Å². The van der Waals surface area contributed by atoms with Gasteiger partial charge in [0, 0.05) is 4.90 Å². The summed E-state index contributed by atoms with van der Waals surface area (Å²) in [4.78, 5) is 35.5. The summed E-state index contributed by atoms with van der Waals surface area (Å²) in [7, 11) is 0. The fourth-order valence-electron chi connectivity index (χ4n) is 2.29. The van der Waals surface area contributed by atoms with Crippen LogP contribution in [0.1, 0.15) is 19.3 Å². The van der Waals surface area contributed by atoms with Gasteiger partial charge in [-0.25, -0.2) is 0 Å². The minimum Gasteiger partial charge on any atom is -0.455 e. The maximum atomic E-state index is 12.0. The second-order valence-electron chi connectivity index (χ2n) is 5.39. The third kappa shape index (κ3) is 5.73. The van der Waals surface area contributed by atoms with E-state index in [1.165, 1.54) is 11.8 Å². The van der Waals surface area contributed by atoms with Crippen LogP contribution in [0, 0.1) is 5.92 Å². The van der Waals surface area contributed by atoms with Gasteiger partial charge < -0.3 is 15.8 Å². The summed E-state index contributed by atoms with van der Waals surface area (Å²) >= 11 is 1.24. The fourth-order valence-corrected chi connectivity index (χ4v) is 3.04. The summed E-state index contributed by atoms with van der Waals surface area (Å²) < 4.78 is 5.09. The summed E-state index contributed by atoms with van der Waals surface area (Å²) in [5.41, 5.74) is 5.69. The molecule has 1 atom stereocenters. The number of anilines is 1. The Balaban J connectivity index is 1.84. The van der Waals surface area contributed by atoms with E-state index < -0.39 is 11.8 Å². The minimum absolute atomic E-state index is 0.122. The number of amides is 2. The van der Waals surface area contributed by atoms with Gasteiger partial charge in [-0.15, -0.1) is 11.8 Å². The molecule has 0 unspecified atom stereocenters. The quantitative estimate of drug-likeness (QED) is 0.447. The van der Waals surface area contributed by atoms with Crippen LogP contribution in [-0.2, 0) is 19.1 Å². The van der Waals surface area contributed by atoms with E-state index in [9.17, 15) is 14.4 Å². The molecular weight excluding hydrogens is 328 g/mol. The predicted octanol–water partition coefficient (Wildman–Crippen LogP) is 2.10. The van der Waals surface area contributed by atoms with Crippen molar-refractivity contribution in [1.82, 2.24) is 0 Å². The van der Waals surface area contributed by atoms with E-state index >= 15 is 0 Å². The summed E-state index contributed by atoms with van der Waals surface area (Å²) in [6.07, 6.45) is 6.27. The van der Waals surface area contributed by atoms with Gasteiger partial charge >= 0.3 is 5.97 Å². The zero-order valence-corrected chi connectivity index (χ0v) is 14.0. The Morgan fingerprint density at radius 1 is 1.25 bits per heavy atom. The lowest BCUT2D eigenvalue weighted by Gasteiger charge is -2.16. The van der Waals surface area contributed by atoms with E-state index in [1.54, 1.807) is 24.3 Å². The van der Waals surface area contributed by atoms with E-state index in [4.69, 9.17) is 10.5 Å². The molecule has 24 heavy (non-hydrogen) atoms. The van der Waals surface area contributed by atoms with E-state index in [-0.39, 0.29) is 24.2 Å². The Morgan fingerprint density at radius 2 is 2.04 bits per heavy atom. The Labute approximate surface area is 144 Å². The molecule has 1 aromatic rings. The highest BCUT2D eigenvalue weighted by atomic mass is 32.2. The molecule has 0 radical (unpaired) electrons. The first-order valence-corrected chi connectivity index (χ1v) is 8.66. The largest absolute Gasteiger partial charge is 0.455 e. The number of nitrogens with one attached hydrogen (secondary N) is 1. The second kappa shape index (κ2) is 9.12. The molecule has 0 aliphatic heterocycles. The zero-order valence-electron chi connectivity index (χ0n) is 13.2. The number of primary amides is 1. The zero-order chi connectivity index (χ0) is 17.4. The normalized spacial score (nSPS) is 16.4. The first-order chi connectivity index (χ1) is 11.6. The Bertz CT molecular complexity index is 645. The maximum Gasteiger partial charge on any atom is 0.309 e. The summed E-state index contributed by atoms with van der Waals surface area (Å²) in [6.45, 7) is -0.326. The molecule has 7 heteroatoms.